The lowest BCUT2D eigenvalue weighted by Crippen LogP contribution is -2.37. The van der Waals surface area contributed by atoms with E-state index in [2.05, 4.69) is 15.1 Å². The highest BCUT2D eigenvalue weighted by Crippen LogP contribution is 2.39. The summed E-state index contributed by atoms with van der Waals surface area (Å²) in [4.78, 5) is 14.4. The number of rotatable bonds is 4. The zero-order valence-corrected chi connectivity index (χ0v) is 15.2. The molecule has 1 aliphatic heterocycles. The minimum Gasteiger partial charge on any atom is -0.507 e. The third-order valence-corrected chi connectivity index (χ3v) is 4.74. The van der Waals surface area contributed by atoms with Gasteiger partial charge in [-0.15, -0.1) is 10.2 Å². The normalized spacial score (nSPS) is 15.4. The Morgan fingerprint density at radius 1 is 1.04 bits per heavy atom. The van der Waals surface area contributed by atoms with E-state index in [4.69, 9.17) is 4.74 Å². The number of carbonyl (C=O) groups is 1. The van der Waals surface area contributed by atoms with Crippen molar-refractivity contribution in [2.24, 2.45) is 10.2 Å². The lowest BCUT2D eigenvalue weighted by Gasteiger charge is -2.27. The molecule has 8 heteroatoms. The molecule has 0 unspecified atom stereocenters. The van der Waals surface area contributed by atoms with Crippen LogP contribution < -0.4 is 0 Å². The van der Waals surface area contributed by atoms with Gasteiger partial charge in [0, 0.05) is 18.5 Å². The Labute approximate surface area is 161 Å². The molecule has 2 aromatic carbocycles. The second-order valence-electron chi connectivity index (χ2n) is 6.51. The number of phenols is 1. The number of azo groups is 1. The Morgan fingerprint density at radius 3 is 2.54 bits per heavy atom. The fourth-order valence-electron chi connectivity index (χ4n) is 3.26. The number of fused-ring (bicyclic) bond motifs is 1. The number of phenolic OH excluding ortho intramolecular Hbond substituents is 1. The summed E-state index contributed by atoms with van der Waals surface area (Å²) in [5, 5.41) is 29.0. The summed E-state index contributed by atoms with van der Waals surface area (Å²) in [6, 6.07) is 13.6. The molecule has 4 rings (SSSR count). The van der Waals surface area contributed by atoms with Crippen LogP contribution in [-0.4, -0.2) is 51.9 Å². The molecule has 1 saturated heterocycles. The third-order valence-electron chi connectivity index (χ3n) is 4.74. The van der Waals surface area contributed by atoms with Crippen molar-refractivity contribution in [2.45, 2.75) is 6.67 Å². The van der Waals surface area contributed by atoms with Crippen LogP contribution in [0.2, 0.25) is 0 Å². The number of hydrogen-bond acceptors (Lipinski definition) is 6. The molecular formula is C20H20N4O4. The standard InChI is InChI=1S/C20H20N4O4/c25-17-8-4-2-6-15(17)19(26)22-21-18-14-5-1-3-7-16(14)24(20(18)27)13-23-9-11-28-12-10-23/h1-8,25,27H,9-13H2. The van der Waals surface area contributed by atoms with Crippen LogP contribution in [-0.2, 0) is 11.4 Å². The minimum atomic E-state index is -0.678. The highest BCUT2D eigenvalue weighted by Gasteiger charge is 2.20. The van der Waals surface area contributed by atoms with E-state index in [0.29, 0.717) is 25.3 Å². The van der Waals surface area contributed by atoms with Gasteiger partial charge in [-0.2, -0.15) is 0 Å². The van der Waals surface area contributed by atoms with Crippen LogP contribution in [0.5, 0.6) is 11.6 Å². The van der Waals surface area contributed by atoms with Crippen LogP contribution >= 0.6 is 0 Å². The summed E-state index contributed by atoms with van der Waals surface area (Å²) in [7, 11) is 0. The minimum absolute atomic E-state index is 0.0541. The molecule has 0 saturated carbocycles. The smallest absolute Gasteiger partial charge is 0.299 e. The molecule has 2 N–H and O–H groups in total. The van der Waals surface area contributed by atoms with Crippen LogP contribution in [0.25, 0.3) is 10.9 Å². The van der Waals surface area contributed by atoms with Gasteiger partial charge in [0.05, 0.1) is 31.0 Å². The van der Waals surface area contributed by atoms with E-state index in [1.807, 2.05) is 24.3 Å². The van der Waals surface area contributed by atoms with E-state index in [1.165, 1.54) is 12.1 Å². The zero-order valence-electron chi connectivity index (χ0n) is 15.2. The van der Waals surface area contributed by atoms with Gasteiger partial charge < -0.3 is 14.9 Å². The first-order chi connectivity index (χ1) is 13.6. The van der Waals surface area contributed by atoms with E-state index in [0.717, 1.165) is 18.6 Å². The maximum Gasteiger partial charge on any atom is 0.299 e. The molecule has 28 heavy (non-hydrogen) atoms. The summed E-state index contributed by atoms with van der Waals surface area (Å²) >= 11 is 0. The Morgan fingerprint density at radius 2 is 1.75 bits per heavy atom. The quantitative estimate of drug-likeness (QED) is 0.677. The molecule has 8 nitrogen and oxygen atoms in total. The Bertz CT molecular complexity index is 1040. The van der Waals surface area contributed by atoms with Crippen LogP contribution in [0.1, 0.15) is 10.4 Å². The van der Waals surface area contributed by atoms with Gasteiger partial charge in [0.15, 0.2) is 5.69 Å². The Hall–Kier alpha value is -3.23. The number of para-hydroxylation sites is 2. The molecule has 2 heterocycles. The van der Waals surface area contributed by atoms with Crippen molar-refractivity contribution in [1.82, 2.24) is 9.47 Å². The summed E-state index contributed by atoms with van der Waals surface area (Å²) < 4.78 is 7.12. The molecule has 0 radical (unpaired) electrons. The molecule has 0 aliphatic carbocycles. The number of benzene rings is 2. The van der Waals surface area contributed by atoms with Gasteiger partial charge >= 0.3 is 0 Å². The maximum absolute atomic E-state index is 12.3. The first kappa shape index (κ1) is 18.1. The van der Waals surface area contributed by atoms with Crippen molar-refractivity contribution in [1.29, 1.82) is 0 Å². The topological polar surface area (TPSA) is 99.6 Å². The molecule has 0 bridgehead atoms. The van der Waals surface area contributed by atoms with Crippen molar-refractivity contribution in [3.8, 4) is 11.6 Å². The number of aromatic hydroxyl groups is 2. The van der Waals surface area contributed by atoms with Gasteiger partial charge in [-0.25, -0.2) is 0 Å². The number of carbonyl (C=O) groups excluding carboxylic acids is 1. The van der Waals surface area contributed by atoms with Gasteiger partial charge in [0.2, 0.25) is 5.88 Å². The van der Waals surface area contributed by atoms with E-state index in [9.17, 15) is 15.0 Å². The first-order valence-corrected chi connectivity index (χ1v) is 8.99. The fourth-order valence-corrected chi connectivity index (χ4v) is 3.26. The number of nitrogens with zero attached hydrogens (tertiary/aromatic N) is 4. The number of aromatic nitrogens is 1. The molecule has 1 aromatic heterocycles. The molecule has 1 amide bonds. The van der Waals surface area contributed by atoms with Crippen LogP contribution in [0.4, 0.5) is 5.69 Å². The highest BCUT2D eigenvalue weighted by molar-refractivity contribution is 5.98. The zero-order chi connectivity index (χ0) is 19.5. The second kappa shape index (κ2) is 7.79. The van der Waals surface area contributed by atoms with Gasteiger partial charge in [-0.1, -0.05) is 30.3 Å². The van der Waals surface area contributed by atoms with Gasteiger partial charge in [0.1, 0.15) is 5.75 Å². The largest absolute Gasteiger partial charge is 0.507 e. The van der Waals surface area contributed by atoms with Crippen LogP contribution in [0.3, 0.4) is 0 Å². The number of hydrogen-bond donors (Lipinski definition) is 2. The number of amides is 1. The molecule has 1 fully saturated rings. The molecule has 0 spiro atoms. The van der Waals surface area contributed by atoms with Crippen molar-refractivity contribution < 1.29 is 19.7 Å². The SMILES string of the molecule is O=C(N=Nc1c(O)n(CN2CCOCC2)c2ccccc12)c1ccccc1O. The van der Waals surface area contributed by atoms with Gasteiger partial charge in [-0.3, -0.25) is 14.3 Å². The Kier molecular flexibility index (Phi) is 5.05. The van der Waals surface area contributed by atoms with Crippen LogP contribution in [0, 0.1) is 0 Å². The predicted molar refractivity (Wildman–Crippen MR) is 103 cm³/mol. The fraction of sp³-hybridized carbons (Fsp3) is 0.250. The number of ether oxygens (including phenoxy) is 1. The summed E-state index contributed by atoms with van der Waals surface area (Å²) in [5.41, 5.74) is 1.09. The van der Waals surface area contributed by atoms with Crippen molar-refractivity contribution >= 4 is 22.5 Å². The maximum atomic E-state index is 12.3. The monoisotopic (exact) mass is 380 g/mol. The van der Waals surface area contributed by atoms with Crippen molar-refractivity contribution in [3.05, 3.63) is 54.1 Å². The van der Waals surface area contributed by atoms with Crippen molar-refractivity contribution in [2.75, 3.05) is 26.3 Å². The van der Waals surface area contributed by atoms with E-state index in [-0.39, 0.29) is 22.9 Å². The Balaban J connectivity index is 1.68. The van der Waals surface area contributed by atoms with E-state index in [1.54, 1.807) is 16.7 Å². The lowest BCUT2D eigenvalue weighted by molar-refractivity contribution is 0.0231. The first-order valence-electron chi connectivity index (χ1n) is 8.99. The van der Waals surface area contributed by atoms with Crippen molar-refractivity contribution in [3.63, 3.8) is 0 Å². The number of morpholine rings is 1. The highest BCUT2D eigenvalue weighted by atomic mass is 16.5. The third kappa shape index (κ3) is 3.47. The van der Waals surface area contributed by atoms with Gasteiger partial charge in [-0.05, 0) is 18.2 Å². The second-order valence-corrected chi connectivity index (χ2v) is 6.51. The lowest BCUT2D eigenvalue weighted by atomic mass is 10.2. The predicted octanol–water partition coefficient (Wildman–Crippen LogP) is 3.27. The van der Waals surface area contributed by atoms with E-state index >= 15 is 0 Å². The van der Waals surface area contributed by atoms with Gasteiger partial charge in [0.25, 0.3) is 5.91 Å². The summed E-state index contributed by atoms with van der Waals surface area (Å²) in [6.07, 6.45) is 0. The molecule has 1 aliphatic rings. The molecular weight excluding hydrogens is 360 g/mol. The van der Waals surface area contributed by atoms with Crippen LogP contribution in [0.15, 0.2) is 58.8 Å². The average molecular weight is 380 g/mol. The van der Waals surface area contributed by atoms with E-state index < -0.39 is 5.91 Å². The summed E-state index contributed by atoms with van der Waals surface area (Å²) in [5.74, 6) is -0.894. The summed E-state index contributed by atoms with van der Waals surface area (Å²) in [6.45, 7) is 3.34. The molecule has 3 aromatic rings. The molecule has 0 atom stereocenters. The molecule has 144 valence electrons. The average Bonchev–Trinajstić information content (AvgIpc) is 2.99.